The maximum Gasteiger partial charge on any atom is 0.293 e. The van der Waals surface area contributed by atoms with E-state index in [-0.39, 0.29) is 23.7 Å². The molecule has 0 unspecified atom stereocenters. The number of methoxy groups -OCH3 is 1. The Hall–Kier alpha value is -2.58. The summed E-state index contributed by atoms with van der Waals surface area (Å²) in [5.41, 5.74) is 0.653. The molecular formula is C19H19FN4O2S. The van der Waals surface area contributed by atoms with Crippen molar-refractivity contribution in [2.45, 2.75) is 18.9 Å². The lowest BCUT2D eigenvalue weighted by Gasteiger charge is -2.31. The molecule has 0 radical (unpaired) electrons. The highest BCUT2D eigenvalue weighted by atomic mass is 32.1. The Balaban J connectivity index is 1.71. The van der Waals surface area contributed by atoms with Crippen LogP contribution in [0.25, 0.3) is 16.4 Å². The standard InChI is InChI=1S/C19H19FN4O2S/c1-26-15-4-2-10-23(12-15)19(25)17-21-18(16-5-3-11-27-16)24(22-17)14-8-6-13(20)7-9-14/h3,5-9,11,15H,2,4,10,12H2,1H3/t15-/m1/s1. The molecule has 1 amide bonds. The minimum absolute atomic E-state index is 0.0404. The van der Waals surface area contributed by atoms with Crippen molar-refractivity contribution in [3.8, 4) is 16.4 Å². The number of ether oxygens (including phenoxy) is 1. The number of nitrogens with zero attached hydrogens (tertiary/aromatic N) is 4. The van der Waals surface area contributed by atoms with E-state index in [1.807, 2.05) is 17.5 Å². The highest BCUT2D eigenvalue weighted by Crippen LogP contribution is 2.26. The second-order valence-corrected chi connectivity index (χ2v) is 7.32. The topological polar surface area (TPSA) is 60.2 Å². The minimum Gasteiger partial charge on any atom is -0.380 e. The van der Waals surface area contributed by atoms with E-state index in [2.05, 4.69) is 10.1 Å². The molecule has 2 aromatic heterocycles. The van der Waals surface area contributed by atoms with Gasteiger partial charge in [-0.05, 0) is 48.6 Å². The molecule has 27 heavy (non-hydrogen) atoms. The van der Waals surface area contributed by atoms with Crippen molar-refractivity contribution < 1.29 is 13.9 Å². The van der Waals surface area contributed by atoms with Gasteiger partial charge in [-0.15, -0.1) is 16.4 Å². The van der Waals surface area contributed by atoms with E-state index in [9.17, 15) is 9.18 Å². The molecule has 0 saturated carbocycles. The fraction of sp³-hybridized carbons (Fsp3) is 0.316. The van der Waals surface area contributed by atoms with Crippen molar-refractivity contribution in [1.29, 1.82) is 0 Å². The summed E-state index contributed by atoms with van der Waals surface area (Å²) in [6.07, 6.45) is 1.87. The molecule has 140 valence electrons. The Bertz CT molecular complexity index is 924. The van der Waals surface area contributed by atoms with Gasteiger partial charge in [0.15, 0.2) is 5.82 Å². The molecule has 0 bridgehead atoms. The fourth-order valence-corrected chi connectivity index (χ4v) is 3.89. The van der Waals surface area contributed by atoms with Crippen LogP contribution in [-0.4, -0.2) is 51.9 Å². The average Bonchev–Trinajstić information content (AvgIpc) is 3.38. The molecule has 6 nitrogen and oxygen atoms in total. The first-order valence-corrected chi connectivity index (χ1v) is 9.62. The first kappa shape index (κ1) is 17.8. The maximum atomic E-state index is 13.3. The molecule has 0 aliphatic carbocycles. The van der Waals surface area contributed by atoms with Crippen LogP contribution < -0.4 is 0 Å². The van der Waals surface area contributed by atoms with Gasteiger partial charge in [-0.3, -0.25) is 4.79 Å². The smallest absolute Gasteiger partial charge is 0.293 e. The molecule has 1 aliphatic rings. The summed E-state index contributed by atoms with van der Waals surface area (Å²) in [7, 11) is 1.66. The third kappa shape index (κ3) is 3.63. The number of benzene rings is 1. The molecule has 4 rings (SSSR count). The number of hydrogen-bond acceptors (Lipinski definition) is 5. The lowest BCUT2D eigenvalue weighted by molar-refractivity contribution is 0.0262. The fourth-order valence-electron chi connectivity index (χ4n) is 3.19. The molecule has 1 aromatic carbocycles. The molecule has 3 aromatic rings. The highest BCUT2D eigenvalue weighted by Gasteiger charge is 2.28. The van der Waals surface area contributed by atoms with Gasteiger partial charge in [0, 0.05) is 20.2 Å². The van der Waals surface area contributed by atoms with Crippen LogP contribution in [0.1, 0.15) is 23.5 Å². The maximum absolute atomic E-state index is 13.3. The van der Waals surface area contributed by atoms with Gasteiger partial charge < -0.3 is 9.64 Å². The monoisotopic (exact) mass is 386 g/mol. The van der Waals surface area contributed by atoms with Crippen molar-refractivity contribution in [3.63, 3.8) is 0 Å². The number of likely N-dealkylation sites (tertiary alicyclic amines) is 1. The predicted molar refractivity (Wildman–Crippen MR) is 101 cm³/mol. The lowest BCUT2D eigenvalue weighted by Crippen LogP contribution is -2.43. The van der Waals surface area contributed by atoms with E-state index in [1.165, 1.54) is 23.5 Å². The number of carbonyl (C=O) groups excluding carboxylic acids is 1. The van der Waals surface area contributed by atoms with Gasteiger partial charge in [0.2, 0.25) is 5.82 Å². The van der Waals surface area contributed by atoms with Gasteiger partial charge >= 0.3 is 0 Å². The van der Waals surface area contributed by atoms with Crippen molar-refractivity contribution in [1.82, 2.24) is 19.7 Å². The second kappa shape index (κ2) is 7.58. The zero-order valence-corrected chi connectivity index (χ0v) is 15.7. The van der Waals surface area contributed by atoms with Gasteiger partial charge in [0.1, 0.15) is 5.82 Å². The van der Waals surface area contributed by atoms with Crippen LogP contribution in [0, 0.1) is 5.82 Å². The van der Waals surface area contributed by atoms with E-state index < -0.39 is 0 Å². The number of rotatable bonds is 4. The number of piperidine rings is 1. The number of carbonyl (C=O) groups is 1. The van der Waals surface area contributed by atoms with Gasteiger partial charge in [0.05, 0.1) is 16.7 Å². The molecule has 1 aliphatic heterocycles. The van der Waals surface area contributed by atoms with Gasteiger partial charge in [0.25, 0.3) is 5.91 Å². The third-order valence-electron chi connectivity index (χ3n) is 4.61. The molecule has 1 saturated heterocycles. The largest absolute Gasteiger partial charge is 0.380 e. The quantitative estimate of drug-likeness (QED) is 0.690. The Kier molecular flexibility index (Phi) is 5.00. The number of amides is 1. The van der Waals surface area contributed by atoms with E-state index in [4.69, 9.17) is 4.74 Å². The van der Waals surface area contributed by atoms with E-state index in [0.717, 1.165) is 17.7 Å². The van der Waals surface area contributed by atoms with Crippen LogP contribution in [0.2, 0.25) is 0 Å². The summed E-state index contributed by atoms with van der Waals surface area (Å²) in [6.45, 7) is 1.20. The highest BCUT2D eigenvalue weighted by molar-refractivity contribution is 7.13. The third-order valence-corrected chi connectivity index (χ3v) is 5.48. The van der Waals surface area contributed by atoms with Crippen molar-refractivity contribution >= 4 is 17.2 Å². The van der Waals surface area contributed by atoms with Gasteiger partial charge in [-0.1, -0.05) is 6.07 Å². The van der Waals surface area contributed by atoms with Crippen molar-refractivity contribution in [2.24, 2.45) is 0 Å². The average molecular weight is 386 g/mol. The Morgan fingerprint density at radius 2 is 2.11 bits per heavy atom. The zero-order chi connectivity index (χ0) is 18.8. The van der Waals surface area contributed by atoms with E-state index in [1.54, 1.807) is 28.8 Å². The van der Waals surface area contributed by atoms with Crippen LogP contribution in [-0.2, 0) is 4.74 Å². The van der Waals surface area contributed by atoms with Crippen LogP contribution >= 0.6 is 11.3 Å². The Morgan fingerprint density at radius 3 is 2.81 bits per heavy atom. The van der Waals surface area contributed by atoms with Crippen LogP contribution in [0.4, 0.5) is 4.39 Å². The van der Waals surface area contributed by atoms with Crippen molar-refractivity contribution in [2.75, 3.05) is 20.2 Å². The SMILES string of the molecule is CO[C@@H]1CCCN(C(=O)c2nc(-c3cccs3)n(-c3ccc(F)cc3)n2)C1. The van der Waals surface area contributed by atoms with Crippen molar-refractivity contribution in [3.05, 3.63) is 53.4 Å². The molecule has 1 atom stereocenters. The Morgan fingerprint density at radius 1 is 1.30 bits per heavy atom. The molecule has 8 heteroatoms. The van der Waals surface area contributed by atoms with Crippen LogP contribution in [0.3, 0.4) is 0 Å². The summed E-state index contributed by atoms with van der Waals surface area (Å²) in [4.78, 5) is 20.1. The normalized spacial score (nSPS) is 17.3. The van der Waals surface area contributed by atoms with Gasteiger partial charge in [-0.2, -0.15) is 0 Å². The summed E-state index contributed by atoms with van der Waals surface area (Å²) in [6, 6.07) is 9.81. The lowest BCUT2D eigenvalue weighted by atomic mass is 10.1. The molecular weight excluding hydrogens is 367 g/mol. The number of aromatic nitrogens is 3. The Labute approximate surface area is 160 Å². The number of thiophene rings is 1. The number of hydrogen-bond donors (Lipinski definition) is 0. The van der Waals surface area contributed by atoms with Crippen LogP contribution in [0.5, 0.6) is 0 Å². The molecule has 0 spiro atoms. The molecule has 3 heterocycles. The molecule has 0 N–H and O–H groups in total. The first-order valence-electron chi connectivity index (χ1n) is 8.74. The first-order chi connectivity index (χ1) is 13.2. The summed E-state index contributed by atoms with van der Waals surface area (Å²) in [5.74, 6) is 0.168. The van der Waals surface area contributed by atoms with Crippen LogP contribution in [0.15, 0.2) is 41.8 Å². The summed E-state index contributed by atoms with van der Waals surface area (Å²) >= 11 is 1.51. The predicted octanol–water partition coefficient (Wildman–Crippen LogP) is 3.39. The zero-order valence-electron chi connectivity index (χ0n) is 14.8. The minimum atomic E-state index is -0.327. The van der Waals surface area contributed by atoms with E-state index >= 15 is 0 Å². The van der Waals surface area contributed by atoms with E-state index in [0.29, 0.717) is 24.6 Å². The number of halogens is 1. The summed E-state index contributed by atoms with van der Waals surface area (Å²) < 4.78 is 20.3. The summed E-state index contributed by atoms with van der Waals surface area (Å²) in [5, 5.41) is 6.39. The second-order valence-electron chi connectivity index (χ2n) is 6.38. The van der Waals surface area contributed by atoms with Gasteiger partial charge in [-0.25, -0.2) is 14.1 Å². The molecule has 1 fully saturated rings.